The molecular weight excluding hydrogens is 306 g/mol. The number of halogens is 1. The fraction of sp³-hybridized carbons (Fsp3) is 0.714. The van der Waals surface area contributed by atoms with Gasteiger partial charge in [-0.3, -0.25) is 0 Å². The Kier molecular flexibility index (Phi) is 4.46. The number of aromatic nitrogens is 2. The summed E-state index contributed by atoms with van der Waals surface area (Å²) in [6.45, 7) is 7.35. The average Bonchev–Trinajstić information content (AvgIpc) is 2.82. The molecule has 5 heteroatoms. The number of anilines is 1. The molecule has 2 rings (SSSR count). The van der Waals surface area contributed by atoms with Gasteiger partial charge in [-0.1, -0.05) is 20.8 Å². The molecule has 0 spiro atoms. The van der Waals surface area contributed by atoms with Crippen molar-refractivity contribution in [3.8, 4) is 0 Å². The van der Waals surface area contributed by atoms with Gasteiger partial charge in [-0.15, -0.1) is 0 Å². The van der Waals surface area contributed by atoms with Gasteiger partial charge >= 0.3 is 0 Å². The first-order chi connectivity index (χ1) is 8.91. The maximum Gasteiger partial charge on any atom is 0.144 e. The Morgan fingerprint density at radius 3 is 2.63 bits per heavy atom. The number of rotatable bonds is 3. The highest BCUT2D eigenvalue weighted by Gasteiger charge is 2.24. The van der Waals surface area contributed by atoms with Crippen LogP contribution in [0.25, 0.3) is 0 Å². The highest BCUT2D eigenvalue weighted by Crippen LogP contribution is 2.32. The van der Waals surface area contributed by atoms with Gasteiger partial charge in [-0.2, -0.15) is 0 Å². The van der Waals surface area contributed by atoms with Crippen LogP contribution >= 0.6 is 15.9 Å². The van der Waals surface area contributed by atoms with Crippen molar-refractivity contribution in [2.75, 3.05) is 19.0 Å². The molecule has 19 heavy (non-hydrogen) atoms. The summed E-state index contributed by atoms with van der Waals surface area (Å²) in [5, 5.41) is 3.13. The zero-order chi connectivity index (χ0) is 14.0. The van der Waals surface area contributed by atoms with Crippen LogP contribution in [0.4, 0.5) is 5.82 Å². The predicted molar refractivity (Wildman–Crippen MR) is 80.7 cm³/mol. The molecule has 0 aliphatic carbocycles. The molecule has 1 fully saturated rings. The largest absolute Gasteiger partial charge is 0.378 e. The third-order valence-electron chi connectivity index (χ3n) is 3.28. The van der Waals surface area contributed by atoms with Gasteiger partial charge < -0.3 is 10.1 Å². The van der Waals surface area contributed by atoms with Crippen molar-refractivity contribution in [3.05, 3.63) is 16.0 Å². The first kappa shape index (κ1) is 14.7. The van der Waals surface area contributed by atoms with Gasteiger partial charge in [0, 0.05) is 25.5 Å². The molecule has 1 saturated heterocycles. The van der Waals surface area contributed by atoms with Crippen LogP contribution in [0.15, 0.2) is 4.47 Å². The number of ether oxygens (including phenoxy) is 1. The molecule has 1 unspecified atom stereocenters. The quantitative estimate of drug-likeness (QED) is 0.925. The fourth-order valence-electron chi connectivity index (χ4n) is 2.26. The summed E-state index contributed by atoms with van der Waals surface area (Å²) in [5.41, 5.74) is 1.03. The minimum atomic E-state index is -0.0152. The van der Waals surface area contributed by atoms with Crippen molar-refractivity contribution in [3.63, 3.8) is 0 Å². The fourth-order valence-corrected chi connectivity index (χ4v) is 3.23. The van der Waals surface area contributed by atoms with E-state index in [-0.39, 0.29) is 11.5 Å². The SMILES string of the molecule is CNc1nc(CC2CCCO2)nc(C(C)(C)C)c1Br. The Hall–Kier alpha value is -0.680. The van der Waals surface area contributed by atoms with Gasteiger partial charge in [0.25, 0.3) is 0 Å². The lowest BCUT2D eigenvalue weighted by molar-refractivity contribution is 0.110. The monoisotopic (exact) mass is 327 g/mol. The van der Waals surface area contributed by atoms with Gasteiger partial charge in [0.15, 0.2) is 0 Å². The third-order valence-corrected chi connectivity index (χ3v) is 4.03. The van der Waals surface area contributed by atoms with Crippen molar-refractivity contribution < 1.29 is 4.74 Å². The molecule has 1 aromatic heterocycles. The molecule has 1 aromatic rings. The van der Waals surface area contributed by atoms with Gasteiger partial charge in [0.1, 0.15) is 11.6 Å². The van der Waals surface area contributed by atoms with E-state index in [4.69, 9.17) is 9.72 Å². The van der Waals surface area contributed by atoms with Crippen molar-refractivity contribution in [1.82, 2.24) is 9.97 Å². The second-order valence-corrected chi connectivity index (χ2v) is 6.78. The van der Waals surface area contributed by atoms with Crippen molar-refractivity contribution >= 4 is 21.7 Å². The minimum absolute atomic E-state index is 0.0152. The van der Waals surface area contributed by atoms with Crippen LogP contribution in [0.5, 0.6) is 0 Å². The van der Waals surface area contributed by atoms with Crippen LogP contribution in [0.3, 0.4) is 0 Å². The number of hydrogen-bond acceptors (Lipinski definition) is 4. The van der Waals surface area contributed by atoms with Gasteiger partial charge in [0.2, 0.25) is 0 Å². The third kappa shape index (κ3) is 3.45. The number of nitrogens with one attached hydrogen (secondary N) is 1. The summed E-state index contributed by atoms with van der Waals surface area (Å²) in [6, 6.07) is 0. The summed E-state index contributed by atoms with van der Waals surface area (Å²) in [5.74, 6) is 1.72. The Morgan fingerprint density at radius 2 is 2.11 bits per heavy atom. The smallest absolute Gasteiger partial charge is 0.144 e. The van der Waals surface area contributed by atoms with E-state index in [2.05, 4.69) is 47.0 Å². The lowest BCUT2D eigenvalue weighted by Gasteiger charge is -2.22. The zero-order valence-electron chi connectivity index (χ0n) is 12.1. The van der Waals surface area contributed by atoms with Crippen molar-refractivity contribution in [2.45, 2.75) is 51.6 Å². The van der Waals surface area contributed by atoms with Crippen LogP contribution in [0, 0.1) is 0 Å². The van der Waals surface area contributed by atoms with Crippen molar-refractivity contribution in [2.24, 2.45) is 0 Å². The van der Waals surface area contributed by atoms with E-state index in [0.29, 0.717) is 0 Å². The summed E-state index contributed by atoms with van der Waals surface area (Å²) < 4.78 is 6.63. The molecule has 106 valence electrons. The van der Waals surface area contributed by atoms with E-state index in [9.17, 15) is 0 Å². The lowest BCUT2D eigenvalue weighted by atomic mass is 9.91. The van der Waals surface area contributed by atoms with Crippen LogP contribution in [-0.4, -0.2) is 29.7 Å². The van der Waals surface area contributed by atoms with E-state index in [1.165, 1.54) is 0 Å². The van der Waals surface area contributed by atoms with E-state index in [1.54, 1.807) is 0 Å². The average molecular weight is 328 g/mol. The Bertz CT molecular complexity index is 451. The summed E-state index contributed by atoms with van der Waals surface area (Å²) in [6.07, 6.45) is 3.33. The maximum atomic E-state index is 5.67. The van der Waals surface area contributed by atoms with Gasteiger partial charge in [-0.05, 0) is 28.8 Å². The summed E-state index contributed by atoms with van der Waals surface area (Å²) >= 11 is 3.61. The second kappa shape index (κ2) is 5.75. The van der Waals surface area contributed by atoms with Crippen LogP contribution < -0.4 is 5.32 Å². The van der Waals surface area contributed by atoms with Crippen LogP contribution in [-0.2, 0) is 16.6 Å². The number of hydrogen-bond donors (Lipinski definition) is 1. The highest BCUT2D eigenvalue weighted by molar-refractivity contribution is 9.10. The zero-order valence-corrected chi connectivity index (χ0v) is 13.7. The molecule has 4 nitrogen and oxygen atoms in total. The molecule has 1 aliphatic heterocycles. The summed E-state index contributed by atoms with van der Waals surface area (Å²) in [7, 11) is 1.88. The molecule has 0 saturated carbocycles. The van der Waals surface area contributed by atoms with Gasteiger partial charge in [-0.25, -0.2) is 9.97 Å². The molecular formula is C14H22BrN3O. The van der Waals surface area contributed by atoms with Crippen LogP contribution in [0.2, 0.25) is 0 Å². The van der Waals surface area contributed by atoms with Gasteiger partial charge in [0.05, 0.1) is 16.3 Å². The van der Waals surface area contributed by atoms with E-state index in [1.807, 2.05) is 7.05 Å². The van der Waals surface area contributed by atoms with Crippen molar-refractivity contribution in [1.29, 1.82) is 0 Å². The topological polar surface area (TPSA) is 47.0 Å². The lowest BCUT2D eigenvalue weighted by Crippen LogP contribution is -2.20. The number of nitrogens with zero attached hydrogens (tertiary/aromatic N) is 2. The molecule has 0 radical (unpaired) electrons. The Morgan fingerprint density at radius 1 is 1.37 bits per heavy atom. The van der Waals surface area contributed by atoms with E-state index >= 15 is 0 Å². The standard InChI is InChI=1S/C14H22BrN3O/c1-14(2,3)12-11(15)13(16-4)18-10(17-12)8-9-6-5-7-19-9/h9H,5-8H2,1-4H3,(H,16,17,18). The molecule has 1 aliphatic rings. The highest BCUT2D eigenvalue weighted by atomic mass is 79.9. The Balaban J connectivity index is 2.33. The molecule has 1 N–H and O–H groups in total. The van der Waals surface area contributed by atoms with E-state index in [0.717, 1.165) is 47.7 Å². The minimum Gasteiger partial charge on any atom is -0.378 e. The molecule has 0 bridgehead atoms. The first-order valence-electron chi connectivity index (χ1n) is 6.78. The predicted octanol–water partition coefficient (Wildman–Crippen LogP) is 3.30. The van der Waals surface area contributed by atoms with Crippen LogP contribution in [0.1, 0.15) is 45.1 Å². The molecule has 0 aromatic carbocycles. The maximum absolute atomic E-state index is 5.67. The Labute approximate surface area is 123 Å². The normalized spacial score (nSPS) is 19.7. The molecule has 2 heterocycles. The first-order valence-corrected chi connectivity index (χ1v) is 7.57. The van der Waals surface area contributed by atoms with E-state index < -0.39 is 0 Å². The second-order valence-electron chi connectivity index (χ2n) is 5.99. The summed E-state index contributed by atoms with van der Waals surface area (Å²) in [4.78, 5) is 9.32. The molecule has 0 amide bonds. The molecule has 1 atom stereocenters.